The second-order valence-corrected chi connectivity index (χ2v) is 6.08. The van der Waals surface area contributed by atoms with Gasteiger partial charge in [0.25, 0.3) is 0 Å². The third-order valence-corrected chi connectivity index (χ3v) is 4.73. The van der Waals surface area contributed by atoms with Gasteiger partial charge < -0.3 is 9.84 Å². The molecule has 1 atom stereocenters. The van der Waals surface area contributed by atoms with Crippen LogP contribution in [-0.4, -0.2) is 34.2 Å². The molecule has 1 unspecified atom stereocenters. The number of ether oxygens (including phenoxy) is 1. The summed E-state index contributed by atoms with van der Waals surface area (Å²) in [6.45, 7) is 0. The summed E-state index contributed by atoms with van der Waals surface area (Å²) in [5.41, 5.74) is 3.62. The summed E-state index contributed by atoms with van der Waals surface area (Å²) < 4.78 is 5.07. The van der Waals surface area contributed by atoms with Gasteiger partial charge in [-0.3, -0.25) is 9.59 Å². The highest BCUT2D eigenvalue weighted by molar-refractivity contribution is 6.02. The van der Waals surface area contributed by atoms with Crippen molar-refractivity contribution in [3.05, 3.63) is 59.7 Å². The van der Waals surface area contributed by atoms with Crippen molar-refractivity contribution in [2.24, 2.45) is 0 Å². The lowest BCUT2D eigenvalue weighted by atomic mass is 9.94. The minimum absolute atomic E-state index is 0.0777. The van der Waals surface area contributed by atoms with Crippen LogP contribution in [0.3, 0.4) is 0 Å². The topological polar surface area (TPSA) is 83.9 Å². The third-order valence-electron chi connectivity index (χ3n) is 4.73. The van der Waals surface area contributed by atoms with Crippen molar-refractivity contribution in [2.45, 2.75) is 25.0 Å². The highest BCUT2D eigenvalue weighted by Gasteiger charge is 2.45. The van der Waals surface area contributed by atoms with Crippen LogP contribution in [0.25, 0.3) is 11.1 Å². The van der Waals surface area contributed by atoms with Crippen molar-refractivity contribution >= 4 is 18.0 Å². The number of hydrogen-bond acceptors (Lipinski definition) is 4. The molecule has 1 saturated heterocycles. The van der Waals surface area contributed by atoms with Crippen LogP contribution in [0.2, 0.25) is 0 Å². The van der Waals surface area contributed by atoms with Gasteiger partial charge in [-0.2, -0.15) is 0 Å². The van der Waals surface area contributed by atoms with Crippen LogP contribution in [0, 0.1) is 0 Å². The minimum atomic E-state index is -1.51. The van der Waals surface area contributed by atoms with Crippen LogP contribution in [0.5, 0.6) is 0 Å². The average molecular weight is 337 g/mol. The maximum absolute atomic E-state index is 12.2. The molecule has 1 aliphatic heterocycles. The van der Waals surface area contributed by atoms with Gasteiger partial charge in [0.15, 0.2) is 6.23 Å². The first-order chi connectivity index (χ1) is 12.1. The molecule has 2 aliphatic rings. The maximum atomic E-state index is 12.2. The molecule has 126 valence electrons. The van der Waals surface area contributed by atoms with E-state index in [-0.39, 0.29) is 12.8 Å². The molecule has 0 spiro atoms. The summed E-state index contributed by atoms with van der Waals surface area (Å²) in [6, 6.07) is 15.1. The van der Waals surface area contributed by atoms with Crippen LogP contribution >= 0.6 is 0 Å². The molecule has 4 rings (SSSR count). The van der Waals surface area contributed by atoms with Crippen molar-refractivity contribution in [1.29, 1.82) is 0 Å². The van der Waals surface area contributed by atoms with E-state index < -0.39 is 30.1 Å². The highest BCUT2D eigenvalue weighted by atomic mass is 16.7. The summed E-state index contributed by atoms with van der Waals surface area (Å²) in [5.74, 6) is -1.34. The number of fused-ring (bicyclic) bond motifs is 3. The van der Waals surface area contributed by atoms with Gasteiger partial charge in [-0.05, 0) is 22.3 Å². The van der Waals surface area contributed by atoms with E-state index in [0.29, 0.717) is 0 Å². The summed E-state index contributed by atoms with van der Waals surface area (Å²) in [6.07, 6.45) is -2.56. The fourth-order valence-corrected chi connectivity index (χ4v) is 3.75. The van der Waals surface area contributed by atoms with E-state index in [2.05, 4.69) is 0 Å². The van der Waals surface area contributed by atoms with Gasteiger partial charge in [-0.25, -0.2) is 9.69 Å². The van der Waals surface area contributed by atoms with Crippen molar-refractivity contribution in [1.82, 2.24) is 4.90 Å². The molecule has 6 heteroatoms. The highest BCUT2D eigenvalue weighted by Crippen LogP contribution is 2.48. The second kappa shape index (κ2) is 5.73. The number of carbonyl (C=O) groups excluding carboxylic acids is 2. The normalized spacial score (nSPS) is 17.4. The van der Waals surface area contributed by atoms with Gasteiger partial charge in [0.1, 0.15) is 0 Å². The van der Waals surface area contributed by atoms with Crippen molar-refractivity contribution in [2.75, 3.05) is 0 Å². The second-order valence-electron chi connectivity index (χ2n) is 6.08. The predicted octanol–water partition coefficient (Wildman–Crippen LogP) is 2.97. The number of amides is 2. The zero-order valence-corrected chi connectivity index (χ0v) is 13.2. The van der Waals surface area contributed by atoms with E-state index in [1.807, 2.05) is 48.5 Å². The Morgan fingerprint density at radius 3 is 1.92 bits per heavy atom. The molecular formula is C19H15NO5. The molecular weight excluding hydrogens is 322 g/mol. The van der Waals surface area contributed by atoms with Gasteiger partial charge in [0, 0.05) is 12.8 Å². The molecule has 2 aromatic carbocycles. The van der Waals surface area contributed by atoms with E-state index in [9.17, 15) is 19.5 Å². The number of carboxylic acid groups (broad SMARTS) is 1. The number of imide groups is 1. The van der Waals surface area contributed by atoms with E-state index in [4.69, 9.17) is 4.74 Å². The Hall–Kier alpha value is -3.15. The lowest BCUT2D eigenvalue weighted by molar-refractivity contribution is -0.151. The van der Waals surface area contributed by atoms with Crippen molar-refractivity contribution < 1.29 is 24.2 Å². The third kappa shape index (κ3) is 2.38. The predicted molar refractivity (Wildman–Crippen MR) is 87.7 cm³/mol. The van der Waals surface area contributed by atoms with E-state index in [1.165, 1.54) is 0 Å². The SMILES string of the molecule is O=C(O)OC(C1c2ccccc2-c2ccccc21)N1C(=O)CCC1=O. The molecule has 0 bridgehead atoms. The van der Waals surface area contributed by atoms with Crippen molar-refractivity contribution in [3.8, 4) is 11.1 Å². The van der Waals surface area contributed by atoms with Crippen LogP contribution < -0.4 is 0 Å². The number of benzene rings is 2. The number of hydrogen-bond donors (Lipinski definition) is 1. The molecule has 1 fully saturated rings. The van der Waals surface area contributed by atoms with E-state index >= 15 is 0 Å². The van der Waals surface area contributed by atoms with E-state index in [1.54, 1.807) is 0 Å². The van der Waals surface area contributed by atoms with Crippen LogP contribution in [0.4, 0.5) is 4.79 Å². The first-order valence-electron chi connectivity index (χ1n) is 8.00. The molecule has 1 aliphatic carbocycles. The zero-order chi connectivity index (χ0) is 17.6. The summed E-state index contributed by atoms with van der Waals surface area (Å²) >= 11 is 0. The lowest BCUT2D eigenvalue weighted by Gasteiger charge is -2.30. The molecule has 2 aromatic rings. The van der Waals surface area contributed by atoms with Gasteiger partial charge >= 0.3 is 6.16 Å². The fourth-order valence-electron chi connectivity index (χ4n) is 3.75. The molecule has 2 amide bonds. The number of likely N-dealkylation sites (tertiary alicyclic amines) is 1. The fraction of sp³-hybridized carbons (Fsp3) is 0.211. The number of rotatable bonds is 3. The maximum Gasteiger partial charge on any atom is 0.507 e. The van der Waals surface area contributed by atoms with Gasteiger partial charge in [0.05, 0.1) is 5.92 Å². The zero-order valence-electron chi connectivity index (χ0n) is 13.2. The minimum Gasteiger partial charge on any atom is -0.450 e. The van der Waals surface area contributed by atoms with Gasteiger partial charge in [-0.15, -0.1) is 0 Å². The lowest BCUT2D eigenvalue weighted by Crippen LogP contribution is -2.45. The number of carbonyl (C=O) groups is 3. The average Bonchev–Trinajstić information content (AvgIpc) is 3.10. The molecule has 0 aromatic heterocycles. The monoisotopic (exact) mass is 337 g/mol. The Morgan fingerprint density at radius 1 is 0.960 bits per heavy atom. The molecule has 25 heavy (non-hydrogen) atoms. The van der Waals surface area contributed by atoms with Crippen molar-refractivity contribution in [3.63, 3.8) is 0 Å². The standard InChI is InChI=1S/C19H15NO5/c21-15-9-10-16(22)20(15)18(25-19(23)24)17-13-7-3-1-5-11(13)12-6-2-4-8-14(12)17/h1-8,17-18H,9-10H2,(H,23,24). The molecule has 0 saturated carbocycles. The quantitative estimate of drug-likeness (QED) is 0.687. The Bertz CT molecular complexity index is 829. The van der Waals surface area contributed by atoms with Crippen LogP contribution in [0.15, 0.2) is 48.5 Å². The molecule has 0 radical (unpaired) electrons. The van der Waals surface area contributed by atoms with E-state index in [0.717, 1.165) is 27.2 Å². The van der Waals surface area contributed by atoms with Gasteiger partial charge in [-0.1, -0.05) is 48.5 Å². The van der Waals surface area contributed by atoms with Crippen LogP contribution in [0.1, 0.15) is 29.9 Å². The number of nitrogens with zero attached hydrogens (tertiary/aromatic N) is 1. The van der Waals surface area contributed by atoms with Gasteiger partial charge in [0.2, 0.25) is 11.8 Å². The summed E-state index contributed by atoms with van der Waals surface area (Å²) in [7, 11) is 0. The summed E-state index contributed by atoms with van der Waals surface area (Å²) in [5, 5.41) is 9.20. The smallest absolute Gasteiger partial charge is 0.450 e. The first kappa shape index (κ1) is 15.4. The Labute approximate surface area is 143 Å². The Morgan fingerprint density at radius 2 is 1.44 bits per heavy atom. The first-order valence-corrected chi connectivity index (χ1v) is 8.00. The molecule has 1 heterocycles. The molecule has 1 N–H and O–H groups in total. The Balaban J connectivity index is 1.88. The summed E-state index contributed by atoms with van der Waals surface area (Å²) in [4.78, 5) is 36.7. The largest absolute Gasteiger partial charge is 0.507 e. The molecule has 6 nitrogen and oxygen atoms in total. The Kier molecular flexibility index (Phi) is 3.53. The van der Waals surface area contributed by atoms with Crippen LogP contribution in [-0.2, 0) is 14.3 Å².